The highest BCUT2D eigenvalue weighted by molar-refractivity contribution is 7.54. The van der Waals surface area contributed by atoms with Crippen LogP contribution >= 0.6 is 7.60 Å². The maximum absolute atomic E-state index is 12.7. The third-order valence-electron chi connectivity index (χ3n) is 2.71. The summed E-state index contributed by atoms with van der Waals surface area (Å²) in [5, 5.41) is 0. The third-order valence-corrected chi connectivity index (χ3v) is 4.91. The fraction of sp³-hybridized carbons (Fsp3) is 0.538. The number of nitrogens with two attached hydrogens (primary N) is 1. The third kappa shape index (κ3) is 3.52. The fourth-order valence-corrected chi connectivity index (χ4v) is 3.53. The molecule has 1 aromatic rings. The number of rotatable bonds is 8. The molecule has 0 saturated carbocycles. The first-order valence-electron chi connectivity index (χ1n) is 6.39. The first-order valence-corrected chi connectivity index (χ1v) is 8.00. The average Bonchev–Trinajstić information content (AvgIpc) is 2.45. The van der Waals surface area contributed by atoms with E-state index in [1.165, 1.54) is 14.2 Å². The van der Waals surface area contributed by atoms with Gasteiger partial charge in [0.1, 0.15) is 5.78 Å². The summed E-state index contributed by atoms with van der Waals surface area (Å²) < 4.78 is 33.8. The predicted octanol–water partition coefficient (Wildman–Crippen LogP) is 2.93. The minimum Gasteiger partial charge on any atom is -0.493 e. The Morgan fingerprint density at radius 3 is 2.20 bits per heavy atom. The molecule has 0 spiro atoms. The van der Waals surface area contributed by atoms with E-state index in [0.29, 0.717) is 17.1 Å². The monoisotopic (exact) mass is 303 g/mol. The second-order valence-electron chi connectivity index (χ2n) is 3.90. The van der Waals surface area contributed by atoms with E-state index in [4.69, 9.17) is 24.3 Å². The zero-order chi connectivity index (χ0) is 15.2. The molecule has 20 heavy (non-hydrogen) atoms. The molecule has 6 nitrogen and oxygen atoms in total. The van der Waals surface area contributed by atoms with Crippen LogP contribution in [0.3, 0.4) is 0 Å². The number of para-hydroxylation sites is 1. The summed E-state index contributed by atoms with van der Waals surface area (Å²) >= 11 is 0. The van der Waals surface area contributed by atoms with E-state index < -0.39 is 13.4 Å². The van der Waals surface area contributed by atoms with Gasteiger partial charge in [-0.3, -0.25) is 4.57 Å². The summed E-state index contributed by atoms with van der Waals surface area (Å²) in [6.45, 7) is 3.97. The van der Waals surface area contributed by atoms with Crippen LogP contribution in [0.1, 0.15) is 25.2 Å². The summed E-state index contributed by atoms with van der Waals surface area (Å²) in [5.74, 6) is 0.00887. The van der Waals surface area contributed by atoms with Gasteiger partial charge in [-0.1, -0.05) is 12.1 Å². The number of hydrogen-bond acceptors (Lipinski definition) is 6. The molecule has 7 heteroatoms. The van der Waals surface area contributed by atoms with Crippen LogP contribution in [0.4, 0.5) is 0 Å². The highest BCUT2D eigenvalue weighted by Crippen LogP contribution is 2.60. The Labute approximate surface area is 119 Å². The van der Waals surface area contributed by atoms with Crippen molar-refractivity contribution in [2.45, 2.75) is 19.6 Å². The lowest BCUT2D eigenvalue weighted by Gasteiger charge is -2.25. The molecule has 2 N–H and O–H groups in total. The molecule has 1 atom stereocenters. The molecule has 0 aliphatic heterocycles. The molecule has 0 bridgehead atoms. The molecule has 0 unspecified atom stereocenters. The lowest BCUT2D eigenvalue weighted by molar-refractivity contribution is 0.211. The lowest BCUT2D eigenvalue weighted by atomic mass is 10.2. The molecule has 1 aromatic carbocycles. The van der Waals surface area contributed by atoms with Crippen molar-refractivity contribution in [3.05, 3.63) is 23.8 Å². The maximum atomic E-state index is 12.7. The zero-order valence-corrected chi connectivity index (χ0v) is 13.2. The second-order valence-corrected chi connectivity index (χ2v) is 6.06. The van der Waals surface area contributed by atoms with Crippen molar-refractivity contribution in [2.75, 3.05) is 27.4 Å². The minimum atomic E-state index is -3.46. The van der Waals surface area contributed by atoms with E-state index in [1.807, 2.05) is 0 Å². The van der Waals surface area contributed by atoms with E-state index in [0.717, 1.165) is 0 Å². The first kappa shape index (κ1) is 17.0. The standard InChI is InChI=1S/C13H22NO5P/c1-5-18-20(15,19-6-2)13(14)10-8-7-9-11(16-3)12(10)17-4/h7-9,13H,5-6,14H2,1-4H3/t13-/m0/s1. The zero-order valence-electron chi connectivity index (χ0n) is 12.3. The second kappa shape index (κ2) is 7.64. The smallest absolute Gasteiger partial charge is 0.351 e. The Morgan fingerprint density at radius 2 is 1.75 bits per heavy atom. The van der Waals surface area contributed by atoms with Crippen LogP contribution in [0.2, 0.25) is 0 Å². The van der Waals surface area contributed by atoms with Gasteiger partial charge in [-0.15, -0.1) is 0 Å². The van der Waals surface area contributed by atoms with Crippen LogP contribution < -0.4 is 15.2 Å². The Kier molecular flexibility index (Phi) is 6.49. The van der Waals surface area contributed by atoms with E-state index >= 15 is 0 Å². The molecule has 0 aliphatic carbocycles. The molecule has 0 fully saturated rings. The molecule has 114 valence electrons. The van der Waals surface area contributed by atoms with Crippen molar-refractivity contribution in [1.29, 1.82) is 0 Å². The quantitative estimate of drug-likeness (QED) is 0.744. The first-order chi connectivity index (χ1) is 9.53. The number of benzene rings is 1. The summed E-state index contributed by atoms with van der Waals surface area (Å²) in [7, 11) is -0.435. The van der Waals surface area contributed by atoms with E-state index in [1.54, 1.807) is 32.0 Å². The van der Waals surface area contributed by atoms with E-state index in [2.05, 4.69) is 0 Å². The Bertz CT molecular complexity index is 470. The van der Waals surface area contributed by atoms with Crippen molar-refractivity contribution in [2.24, 2.45) is 5.73 Å². The molecule has 0 amide bonds. The van der Waals surface area contributed by atoms with Gasteiger partial charge in [-0.05, 0) is 19.9 Å². The summed E-state index contributed by atoms with van der Waals surface area (Å²) in [5.41, 5.74) is 6.62. The summed E-state index contributed by atoms with van der Waals surface area (Å²) in [4.78, 5) is 0. The van der Waals surface area contributed by atoms with Gasteiger partial charge in [0.05, 0.1) is 27.4 Å². The summed E-state index contributed by atoms with van der Waals surface area (Å²) in [6.07, 6.45) is 0. The van der Waals surface area contributed by atoms with Crippen molar-refractivity contribution < 1.29 is 23.1 Å². The van der Waals surface area contributed by atoms with Crippen LogP contribution in [0.5, 0.6) is 11.5 Å². The van der Waals surface area contributed by atoms with Gasteiger partial charge in [-0.2, -0.15) is 0 Å². The highest BCUT2D eigenvalue weighted by Gasteiger charge is 2.36. The van der Waals surface area contributed by atoms with Gasteiger partial charge in [0, 0.05) is 5.56 Å². The largest absolute Gasteiger partial charge is 0.493 e. The van der Waals surface area contributed by atoms with Crippen molar-refractivity contribution in [3.8, 4) is 11.5 Å². The van der Waals surface area contributed by atoms with Gasteiger partial charge in [-0.25, -0.2) is 0 Å². The van der Waals surface area contributed by atoms with Crippen LogP contribution in [-0.2, 0) is 13.6 Å². The highest BCUT2D eigenvalue weighted by atomic mass is 31.2. The maximum Gasteiger partial charge on any atom is 0.351 e. The SMILES string of the molecule is CCOP(=O)(OCC)[C@H](N)c1cccc(OC)c1OC. The molecule has 0 aromatic heterocycles. The van der Waals surface area contributed by atoms with Gasteiger partial charge in [0.15, 0.2) is 11.5 Å². The Hall–Kier alpha value is -1.07. The van der Waals surface area contributed by atoms with Crippen LogP contribution in [0, 0.1) is 0 Å². The molecule has 0 aliphatic rings. The number of ether oxygens (including phenoxy) is 2. The minimum absolute atomic E-state index is 0.247. The van der Waals surface area contributed by atoms with E-state index in [-0.39, 0.29) is 13.2 Å². The number of hydrogen-bond donors (Lipinski definition) is 1. The Balaban J connectivity index is 3.24. The number of methoxy groups -OCH3 is 2. The van der Waals surface area contributed by atoms with Gasteiger partial charge < -0.3 is 24.3 Å². The Morgan fingerprint density at radius 1 is 1.15 bits per heavy atom. The van der Waals surface area contributed by atoms with Crippen molar-refractivity contribution >= 4 is 7.60 Å². The van der Waals surface area contributed by atoms with Crippen LogP contribution in [-0.4, -0.2) is 27.4 Å². The molecule has 1 rings (SSSR count). The normalized spacial score (nSPS) is 13.1. The lowest BCUT2D eigenvalue weighted by Crippen LogP contribution is -2.16. The van der Waals surface area contributed by atoms with Crippen LogP contribution in [0.25, 0.3) is 0 Å². The van der Waals surface area contributed by atoms with Gasteiger partial charge in [0.25, 0.3) is 0 Å². The average molecular weight is 303 g/mol. The summed E-state index contributed by atoms with van der Waals surface area (Å²) in [6, 6.07) is 5.21. The molecular formula is C13H22NO5P. The van der Waals surface area contributed by atoms with E-state index in [9.17, 15) is 4.57 Å². The van der Waals surface area contributed by atoms with Crippen LogP contribution in [0.15, 0.2) is 18.2 Å². The van der Waals surface area contributed by atoms with Crippen molar-refractivity contribution in [3.63, 3.8) is 0 Å². The molecule has 0 radical (unpaired) electrons. The fourth-order valence-electron chi connectivity index (χ4n) is 1.87. The topological polar surface area (TPSA) is 80.0 Å². The van der Waals surface area contributed by atoms with Gasteiger partial charge in [0.2, 0.25) is 0 Å². The molecule has 0 saturated heterocycles. The van der Waals surface area contributed by atoms with Crippen molar-refractivity contribution in [1.82, 2.24) is 0 Å². The van der Waals surface area contributed by atoms with Gasteiger partial charge >= 0.3 is 7.60 Å². The molecular weight excluding hydrogens is 281 g/mol. The molecule has 0 heterocycles. The predicted molar refractivity (Wildman–Crippen MR) is 77.3 cm³/mol.